The van der Waals surface area contributed by atoms with Crippen molar-refractivity contribution in [1.82, 2.24) is 9.80 Å². The van der Waals surface area contributed by atoms with Crippen LogP contribution in [-0.2, 0) is 38.1 Å². The van der Waals surface area contributed by atoms with Crippen LogP contribution in [0.1, 0.15) is 50.9 Å². The standard InChI is InChI=1S/C32H42N2O8/c1-5-39-29(35)25(30(36)40-6-2)27(23-15-11-9-12-16-23)33-19-21-34(22-20-33)28(24-17-13-10-14-18-24)26(31(37)41-7-3)32(38)42-8-4/h9-18,25-28H,5-8,19-22H2,1-4H3/t27-,28-/m1/s1. The van der Waals surface area contributed by atoms with Gasteiger partial charge in [0.15, 0.2) is 11.8 Å². The van der Waals surface area contributed by atoms with Crippen LogP contribution in [0.15, 0.2) is 60.7 Å². The molecule has 0 saturated carbocycles. The zero-order valence-corrected chi connectivity index (χ0v) is 24.9. The molecule has 1 aliphatic rings. The summed E-state index contributed by atoms with van der Waals surface area (Å²) in [5.74, 6) is -4.93. The molecule has 10 heteroatoms. The number of piperazine rings is 1. The van der Waals surface area contributed by atoms with E-state index < -0.39 is 47.8 Å². The summed E-state index contributed by atoms with van der Waals surface area (Å²) in [4.78, 5) is 56.8. The Morgan fingerprint density at radius 2 is 0.786 bits per heavy atom. The summed E-state index contributed by atoms with van der Waals surface area (Å²) < 4.78 is 21.3. The Bertz CT molecular complexity index is 1020. The van der Waals surface area contributed by atoms with Crippen molar-refractivity contribution < 1.29 is 38.1 Å². The average Bonchev–Trinajstić information content (AvgIpc) is 3.00. The van der Waals surface area contributed by atoms with Crippen LogP contribution in [0.25, 0.3) is 0 Å². The first-order valence-corrected chi connectivity index (χ1v) is 14.6. The molecule has 228 valence electrons. The lowest BCUT2D eigenvalue weighted by atomic mass is 9.89. The SMILES string of the molecule is CCOC(=O)C(C(=O)OCC)[C@@H](c1ccccc1)N1CCN([C@H](c2ccccc2)C(C(=O)OCC)C(=O)OCC)CC1. The molecule has 3 rings (SSSR count). The Kier molecular flexibility index (Phi) is 13.0. The summed E-state index contributed by atoms with van der Waals surface area (Å²) in [5, 5.41) is 0. The predicted octanol–water partition coefficient (Wildman–Crippen LogP) is 3.57. The Morgan fingerprint density at radius 3 is 1.02 bits per heavy atom. The van der Waals surface area contributed by atoms with Gasteiger partial charge in [0, 0.05) is 26.2 Å². The molecule has 10 nitrogen and oxygen atoms in total. The number of ether oxygens (including phenoxy) is 4. The lowest BCUT2D eigenvalue weighted by Crippen LogP contribution is -2.54. The van der Waals surface area contributed by atoms with Crippen molar-refractivity contribution in [3.05, 3.63) is 71.8 Å². The van der Waals surface area contributed by atoms with Crippen LogP contribution < -0.4 is 0 Å². The van der Waals surface area contributed by atoms with Gasteiger partial charge in [0.05, 0.1) is 38.5 Å². The Balaban J connectivity index is 1.97. The number of benzene rings is 2. The maximum atomic E-state index is 13.2. The van der Waals surface area contributed by atoms with Crippen molar-refractivity contribution in [2.45, 2.75) is 39.8 Å². The fourth-order valence-electron chi connectivity index (χ4n) is 5.46. The highest BCUT2D eigenvalue weighted by Gasteiger charge is 2.46. The van der Waals surface area contributed by atoms with Crippen LogP contribution in [0.4, 0.5) is 0 Å². The molecule has 1 heterocycles. The predicted molar refractivity (Wildman–Crippen MR) is 155 cm³/mol. The third-order valence-electron chi connectivity index (χ3n) is 7.21. The van der Waals surface area contributed by atoms with Crippen LogP contribution in [-0.4, -0.2) is 86.3 Å². The minimum atomic E-state index is -1.18. The Labute approximate surface area is 247 Å². The normalized spacial score (nSPS) is 15.6. The van der Waals surface area contributed by atoms with Gasteiger partial charge in [-0.2, -0.15) is 0 Å². The van der Waals surface area contributed by atoms with Gasteiger partial charge < -0.3 is 18.9 Å². The van der Waals surface area contributed by atoms with Gasteiger partial charge in [0.1, 0.15) is 0 Å². The number of nitrogens with zero attached hydrogens (tertiary/aromatic N) is 2. The lowest BCUT2D eigenvalue weighted by molar-refractivity contribution is -0.169. The molecule has 2 atom stereocenters. The molecule has 0 radical (unpaired) electrons. The van der Waals surface area contributed by atoms with Gasteiger partial charge in [0.25, 0.3) is 0 Å². The van der Waals surface area contributed by atoms with Gasteiger partial charge >= 0.3 is 23.9 Å². The monoisotopic (exact) mass is 582 g/mol. The minimum Gasteiger partial charge on any atom is -0.465 e. The third kappa shape index (κ3) is 8.17. The number of carbonyl (C=O) groups excluding carboxylic acids is 4. The summed E-state index contributed by atoms with van der Waals surface area (Å²) in [6.45, 7) is 9.08. The molecule has 42 heavy (non-hydrogen) atoms. The van der Waals surface area contributed by atoms with E-state index in [4.69, 9.17) is 18.9 Å². The van der Waals surface area contributed by atoms with Crippen LogP contribution >= 0.6 is 0 Å². The van der Waals surface area contributed by atoms with E-state index in [1.54, 1.807) is 27.7 Å². The quantitative estimate of drug-likeness (QED) is 0.186. The highest BCUT2D eigenvalue weighted by Crippen LogP contribution is 2.36. The van der Waals surface area contributed by atoms with Crippen molar-refractivity contribution in [2.24, 2.45) is 11.8 Å². The largest absolute Gasteiger partial charge is 0.465 e. The topological polar surface area (TPSA) is 112 Å². The molecule has 0 spiro atoms. The number of esters is 4. The molecule has 2 aromatic carbocycles. The van der Waals surface area contributed by atoms with Gasteiger partial charge in [-0.15, -0.1) is 0 Å². The smallest absolute Gasteiger partial charge is 0.322 e. The molecule has 0 bridgehead atoms. The molecule has 1 fully saturated rings. The molecule has 0 aromatic heterocycles. The molecular weight excluding hydrogens is 540 g/mol. The van der Waals surface area contributed by atoms with E-state index in [2.05, 4.69) is 9.80 Å². The molecular formula is C32H42N2O8. The number of hydrogen-bond acceptors (Lipinski definition) is 10. The van der Waals surface area contributed by atoms with E-state index in [9.17, 15) is 19.2 Å². The number of hydrogen-bond donors (Lipinski definition) is 0. The van der Waals surface area contributed by atoms with Gasteiger partial charge in [-0.1, -0.05) is 60.7 Å². The third-order valence-corrected chi connectivity index (χ3v) is 7.21. The van der Waals surface area contributed by atoms with Gasteiger partial charge in [0.2, 0.25) is 0 Å². The van der Waals surface area contributed by atoms with Crippen molar-refractivity contribution in [3.8, 4) is 0 Å². The van der Waals surface area contributed by atoms with Gasteiger partial charge in [-0.05, 0) is 38.8 Å². The minimum absolute atomic E-state index is 0.131. The van der Waals surface area contributed by atoms with E-state index in [-0.39, 0.29) is 26.4 Å². The average molecular weight is 583 g/mol. The molecule has 0 aliphatic carbocycles. The summed E-state index contributed by atoms with van der Waals surface area (Å²) in [6.07, 6.45) is 0. The second-order valence-corrected chi connectivity index (χ2v) is 9.75. The molecule has 1 saturated heterocycles. The summed E-state index contributed by atoms with van der Waals surface area (Å²) in [7, 11) is 0. The lowest BCUT2D eigenvalue weighted by Gasteiger charge is -2.44. The fourth-order valence-corrected chi connectivity index (χ4v) is 5.46. The zero-order chi connectivity index (χ0) is 30.5. The fraction of sp³-hybridized carbons (Fsp3) is 0.500. The zero-order valence-electron chi connectivity index (χ0n) is 24.9. The first-order valence-electron chi connectivity index (χ1n) is 14.6. The molecule has 0 unspecified atom stereocenters. The van der Waals surface area contributed by atoms with Crippen molar-refractivity contribution in [2.75, 3.05) is 52.6 Å². The second kappa shape index (κ2) is 16.6. The highest BCUT2D eigenvalue weighted by atomic mass is 16.6. The van der Waals surface area contributed by atoms with E-state index in [1.807, 2.05) is 60.7 Å². The van der Waals surface area contributed by atoms with Crippen LogP contribution in [0.5, 0.6) is 0 Å². The van der Waals surface area contributed by atoms with E-state index in [0.717, 1.165) is 11.1 Å². The second-order valence-electron chi connectivity index (χ2n) is 9.75. The summed E-state index contributed by atoms with van der Waals surface area (Å²) in [6, 6.07) is 17.5. The number of carbonyl (C=O) groups is 4. The van der Waals surface area contributed by atoms with Crippen LogP contribution in [0.2, 0.25) is 0 Å². The number of rotatable bonds is 14. The van der Waals surface area contributed by atoms with Crippen LogP contribution in [0, 0.1) is 11.8 Å². The van der Waals surface area contributed by atoms with E-state index in [0.29, 0.717) is 26.2 Å². The van der Waals surface area contributed by atoms with Crippen molar-refractivity contribution >= 4 is 23.9 Å². The van der Waals surface area contributed by atoms with Crippen molar-refractivity contribution in [1.29, 1.82) is 0 Å². The molecule has 0 amide bonds. The summed E-state index contributed by atoms with van der Waals surface area (Å²) in [5.41, 5.74) is 1.57. The first kappa shape index (κ1) is 32.8. The van der Waals surface area contributed by atoms with Gasteiger partial charge in [-0.3, -0.25) is 29.0 Å². The molecule has 0 N–H and O–H groups in total. The van der Waals surface area contributed by atoms with E-state index >= 15 is 0 Å². The van der Waals surface area contributed by atoms with Crippen LogP contribution in [0.3, 0.4) is 0 Å². The molecule has 1 aliphatic heterocycles. The molecule has 2 aromatic rings. The summed E-state index contributed by atoms with van der Waals surface area (Å²) >= 11 is 0. The maximum Gasteiger partial charge on any atom is 0.322 e. The maximum absolute atomic E-state index is 13.2. The Morgan fingerprint density at radius 1 is 0.524 bits per heavy atom. The highest BCUT2D eigenvalue weighted by molar-refractivity contribution is 5.96. The van der Waals surface area contributed by atoms with Gasteiger partial charge in [-0.25, -0.2) is 0 Å². The first-order chi connectivity index (χ1) is 20.4. The Hall–Kier alpha value is -3.76. The van der Waals surface area contributed by atoms with Crippen molar-refractivity contribution in [3.63, 3.8) is 0 Å². The van der Waals surface area contributed by atoms with E-state index in [1.165, 1.54) is 0 Å².